The van der Waals surface area contributed by atoms with Gasteiger partial charge in [0.25, 0.3) is 0 Å². The van der Waals surface area contributed by atoms with Crippen molar-refractivity contribution in [2.75, 3.05) is 61.1 Å². The molecule has 77 heavy (non-hydrogen) atoms. The molecule has 1 aromatic carbocycles. The fourth-order valence-electron chi connectivity index (χ4n) is 12.3. The van der Waals surface area contributed by atoms with Crippen molar-refractivity contribution in [3.05, 3.63) is 65.9 Å². The summed E-state index contributed by atoms with van der Waals surface area (Å²) in [6.45, 7) is 19.8. The van der Waals surface area contributed by atoms with Gasteiger partial charge in [0, 0.05) is 96.7 Å². The minimum atomic E-state index is -1.35. The normalized spacial score (nSPS) is 35.3. The van der Waals surface area contributed by atoms with Crippen LogP contribution in [-0.2, 0) is 53.8 Å². The molecule has 0 saturated carbocycles. The van der Waals surface area contributed by atoms with Crippen LogP contribution >= 0.6 is 0 Å². The summed E-state index contributed by atoms with van der Waals surface area (Å²) in [5.74, 6) is -1.54. The van der Waals surface area contributed by atoms with Gasteiger partial charge in [0.2, 0.25) is 5.95 Å². The summed E-state index contributed by atoms with van der Waals surface area (Å²) >= 11 is 0. The number of anilines is 1. The third kappa shape index (κ3) is 15.4. The zero-order valence-corrected chi connectivity index (χ0v) is 48.9. The summed E-state index contributed by atoms with van der Waals surface area (Å²) in [5, 5.41) is 23.9. The number of esters is 1. The van der Waals surface area contributed by atoms with Crippen LogP contribution in [0.1, 0.15) is 138 Å². The van der Waals surface area contributed by atoms with Crippen molar-refractivity contribution in [3.63, 3.8) is 0 Å². The van der Waals surface area contributed by atoms with Crippen LogP contribution in [0.25, 0.3) is 11.1 Å². The smallest absolute Gasteiger partial charge is 0.311 e. The van der Waals surface area contributed by atoms with E-state index in [2.05, 4.69) is 72.2 Å². The number of halogens is 1. The number of nitrogens with zero attached hydrogens (tertiary/aromatic N) is 6. The molecule has 5 heterocycles. The molecule has 2 N–H and O–H groups in total. The molecule has 0 bridgehead atoms. The summed E-state index contributed by atoms with van der Waals surface area (Å²) in [4.78, 5) is 25.5. The first-order chi connectivity index (χ1) is 36.5. The van der Waals surface area contributed by atoms with Gasteiger partial charge in [-0.15, -0.1) is 5.10 Å². The minimum absolute atomic E-state index is 0.0493. The molecule has 3 saturated heterocycles. The average molecular weight is 1080 g/mol. The Bertz CT molecular complexity index is 2330. The van der Waals surface area contributed by atoms with Crippen molar-refractivity contribution >= 4 is 11.9 Å². The van der Waals surface area contributed by atoms with E-state index in [1.807, 2.05) is 58.2 Å². The van der Waals surface area contributed by atoms with E-state index in [0.29, 0.717) is 57.4 Å². The van der Waals surface area contributed by atoms with Crippen molar-refractivity contribution in [2.24, 2.45) is 23.7 Å². The number of alkyl halides is 1. The molecule has 1 unspecified atom stereocenters. The van der Waals surface area contributed by atoms with Gasteiger partial charge < -0.3 is 58.0 Å². The summed E-state index contributed by atoms with van der Waals surface area (Å²) in [5.41, 5.74) is 1.45. The Morgan fingerprint density at radius 3 is 2.18 bits per heavy atom. The van der Waals surface area contributed by atoms with Crippen LogP contribution in [0.2, 0.25) is 0 Å². The highest BCUT2D eigenvalue weighted by atomic mass is 19.1. The van der Waals surface area contributed by atoms with E-state index in [1.165, 1.54) is 0 Å². The molecular formula is C58H92FN7O11. The highest BCUT2D eigenvalue weighted by molar-refractivity contribution is 5.73. The second kappa shape index (κ2) is 27.3. The van der Waals surface area contributed by atoms with Gasteiger partial charge in [-0.05, 0) is 103 Å². The molecule has 2 aromatic heterocycles. The van der Waals surface area contributed by atoms with E-state index in [1.54, 1.807) is 65.7 Å². The molecule has 6 rings (SSSR count). The van der Waals surface area contributed by atoms with Crippen molar-refractivity contribution in [1.82, 2.24) is 29.9 Å². The van der Waals surface area contributed by atoms with Crippen molar-refractivity contribution in [1.29, 1.82) is 0 Å². The molecule has 3 fully saturated rings. The zero-order chi connectivity index (χ0) is 56.4. The fourth-order valence-corrected chi connectivity index (χ4v) is 12.3. The summed E-state index contributed by atoms with van der Waals surface area (Å²) in [6, 6.07) is 7.06. The number of hydrogen-bond donors (Lipinski definition) is 2. The standard InChI is InChI=1S/C58H92FN7O11/c1-17-48-57(9,68)26-35(2)46(34-69-13)36(3)27-58(10,72-16)53(39(6)51(40(7)54(67)75-48)76-50-29-56(8,71-15)28-38(5)74-50)77-49-25-45(24-37(4)73-49)65(12)23-22-44-33-66(64-63-44)47(30-59)52(70-14)42-20-18-41(19-21-42)43-31-61-55(60-11)62-32-43/h18-21,31-40,45,47-53,68H,17,22-30H2,1-16H3,(H,60,61,62)/b46-34+/t35-,36-,37-,38+,39+,40-,45+,47-,48-,49+,50?,51+,52-,53-,56+,57+,58-/m1/s1. The third-order valence-corrected chi connectivity index (χ3v) is 16.8. The van der Waals surface area contributed by atoms with Crippen LogP contribution < -0.4 is 5.32 Å². The molecule has 3 aliphatic rings. The highest BCUT2D eigenvalue weighted by Gasteiger charge is 2.51. The molecule has 18 nitrogen and oxygen atoms in total. The monoisotopic (exact) mass is 1080 g/mol. The number of aliphatic hydroxyl groups is 1. The van der Waals surface area contributed by atoms with Gasteiger partial charge in [-0.2, -0.15) is 0 Å². The Morgan fingerprint density at radius 2 is 1.57 bits per heavy atom. The number of carbonyl (C=O) groups is 1. The number of nitrogens with one attached hydrogen (secondary N) is 1. The first-order valence-corrected chi connectivity index (χ1v) is 27.7. The Kier molecular flexibility index (Phi) is 22.0. The maximum Gasteiger partial charge on any atom is 0.311 e. The van der Waals surface area contributed by atoms with Crippen LogP contribution in [0.5, 0.6) is 0 Å². The van der Waals surface area contributed by atoms with Gasteiger partial charge >= 0.3 is 5.97 Å². The summed E-state index contributed by atoms with van der Waals surface area (Å²) in [6.07, 6.45) is 6.66. The molecule has 432 valence electrons. The number of hydrogen-bond acceptors (Lipinski definition) is 17. The van der Waals surface area contributed by atoms with Crippen LogP contribution in [0, 0.1) is 23.7 Å². The maximum atomic E-state index is 15.0. The lowest BCUT2D eigenvalue weighted by molar-refractivity contribution is -0.294. The molecule has 0 radical (unpaired) electrons. The first kappa shape index (κ1) is 62.0. The Morgan fingerprint density at radius 1 is 0.896 bits per heavy atom. The number of methoxy groups -OCH3 is 4. The Balaban J connectivity index is 1.24. The van der Waals surface area contributed by atoms with E-state index in [4.69, 9.17) is 42.6 Å². The van der Waals surface area contributed by atoms with Gasteiger partial charge in [-0.1, -0.05) is 57.2 Å². The number of ether oxygens (including phenoxy) is 9. The number of benzene rings is 1. The summed E-state index contributed by atoms with van der Waals surface area (Å²) in [7, 11) is 10.5. The molecule has 17 atom stereocenters. The van der Waals surface area contributed by atoms with Crippen LogP contribution in [0.4, 0.5) is 10.3 Å². The molecule has 0 aliphatic carbocycles. The number of aromatic nitrogens is 5. The highest BCUT2D eigenvalue weighted by Crippen LogP contribution is 2.43. The van der Waals surface area contributed by atoms with Gasteiger partial charge in [-0.3, -0.25) is 4.79 Å². The van der Waals surface area contributed by atoms with Crippen LogP contribution in [-0.4, -0.2) is 163 Å². The molecule has 3 aliphatic heterocycles. The SMILES string of the molecule is CC[C@H]1OC(=O)[C@H](C)[C@@H](OC2C[C@@](C)(OC)C[C@H](C)O2)[C@H](C)[C@@H](O[C@H]2C[C@@H](N(C)CCc3cn([C@H](CF)[C@H](OC)c4ccc(-c5cnc(NC)nc5)cc4)nn3)C[C@@H](C)O2)[C@](C)(OC)C[C@@H](C)/C(=C/OC)[C@H](C)C[C@]1(C)O. The number of rotatable bonds is 19. The maximum absolute atomic E-state index is 15.0. The van der Waals surface area contributed by atoms with Gasteiger partial charge in [0.05, 0.1) is 66.2 Å². The third-order valence-electron chi connectivity index (χ3n) is 16.8. The van der Waals surface area contributed by atoms with Crippen molar-refractivity contribution in [2.45, 2.75) is 199 Å². The van der Waals surface area contributed by atoms with Gasteiger partial charge in [0.15, 0.2) is 12.6 Å². The predicted molar refractivity (Wildman–Crippen MR) is 291 cm³/mol. The van der Waals surface area contributed by atoms with E-state index in [-0.39, 0.29) is 30.1 Å². The minimum Gasteiger partial charge on any atom is -0.504 e. The number of carbonyl (C=O) groups excluding carboxylic acids is 1. The second-order valence-electron chi connectivity index (χ2n) is 23.0. The lowest BCUT2D eigenvalue weighted by Gasteiger charge is -2.49. The van der Waals surface area contributed by atoms with E-state index >= 15 is 4.39 Å². The van der Waals surface area contributed by atoms with E-state index < -0.39 is 84.3 Å². The number of cyclic esters (lactones) is 1. The molecule has 19 heteroatoms. The average Bonchev–Trinajstić information content (AvgIpc) is 3.88. The Labute approximate surface area is 457 Å². The van der Waals surface area contributed by atoms with Crippen molar-refractivity contribution in [3.8, 4) is 11.1 Å². The second-order valence-corrected chi connectivity index (χ2v) is 23.0. The Hall–Kier alpha value is -4.18. The zero-order valence-electron chi connectivity index (χ0n) is 48.9. The molecular weight excluding hydrogens is 990 g/mol. The summed E-state index contributed by atoms with van der Waals surface area (Å²) < 4.78 is 74.7. The van der Waals surface area contributed by atoms with Crippen molar-refractivity contribution < 1.29 is 56.9 Å². The lowest BCUT2D eigenvalue weighted by Crippen LogP contribution is -2.57. The molecule has 0 spiro atoms. The number of likely N-dealkylation sites (N-methyl/N-ethyl adjacent to an activating group) is 1. The fraction of sp³-hybridized carbons (Fsp3) is 0.741. The first-order valence-electron chi connectivity index (χ1n) is 27.7. The van der Waals surface area contributed by atoms with Crippen LogP contribution in [0.15, 0.2) is 54.7 Å². The van der Waals surface area contributed by atoms with Gasteiger partial charge in [-0.25, -0.2) is 19.0 Å². The largest absolute Gasteiger partial charge is 0.504 e. The lowest BCUT2D eigenvalue weighted by atomic mass is 9.73. The number of allylic oxidation sites excluding steroid dienone is 1. The topological polar surface area (TPSA) is 192 Å². The molecule has 0 amide bonds. The van der Waals surface area contributed by atoms with E-state index in [0.717, 1.165) is 34.4 Å². The van der Waals surface area contributed by atoms with Gasteiger partial charge in [0.1, 0.15) is 24.9 Å². The quantitative estimate of drug-likeness (QED) is 0.0852. The van der Waals surface area contributed by atoms with Crippen LogP contribution in [0.3, 0.4) is 0 Å². The van der Waals surface area contributed by atoms with E-state index in [9.17, 15) is 9.90 Å². The predicted octanol–water partition coefficient (Wildman–Crippen LogP) is 9.09. The molecule has 3 aromatic rings.